The summed E-state index contributed by atoms with van der Waals surface area (Å²) in [5.41, 5.74) is -0.823. The molecule has 0 unspecified atom stereocenters. The number of carbonyl (C=O) groups is 1. The van der Waals surface area contributed by atoms with Crippen molar-refractivity contribution in [3.05, 3.63) is 26.8 Å². The smallest absolute Gasteiger partial charge is 0.325 e. The van der Waals surface area contributed by atoms with Crippen molar-refractivity contribution in [2.24, 2.45) is 0 Å². The van der Waals surface area contributed by atoms with E-state index in [4.69, 9.17) is 0 Å². The van der Waals surface area contributed by atoms with Gasteiger partial charge in [-0.1, -0.05) is 13.8 Å². The fourth-order valence-electron chi connectivity index (χ4n) is 1.27. The highest BCUT2D eigenvalue weighted by molar-refractivity contribution is 5.89. The van der Waals surface area contributed by atoms with Crippen LogP contribution in [-0.2, 0) is 0 Å². The Kier molecular flexibility index (Phi) is 5.11. The fourth-order valence-corrected chi connectivity index (χ4v) is 1.27. The number of phenolic OH excluding ortho intramolecular Hbond substituents is 2. The van der Waals surface area contributed by atoms with E-state index >= 15 is 0 Å². The molecule has 94 valence electrons. The van der Waals surface area contributed by atoms with Gasteiger partial charge in [0, 0.05) is 5.56 Å². The zero-order chi connectivity index (χ0) is 13.7. The maximum absolute atomic E-state index is 10.6. The molecular weight excluding hydrogens is 226 g/mol. The van der Waals surface area contributed by atoms with E-state index in [0.29, 0.717) is 0 Å². The number of rotatable bonds is 2. The number of phenols is 2. The van der Waals surface area contributed by atoms with Crippen LogP contribution in [0, 0.1) is 24.0 Å². The molecule has 6 nitrogen and oxygen atoms in total. The Morgan fingerprint density at radius 2 is 1.53 bits per heavy atom. The number of benzene rings is 1. The van der Waals surface area contributed by atoms with Crippen molar-refractivity contribution < 1.29 is 19.9 Å². The van der Waals surface area contributed by atoms with E-state index in [-0.39, 0.29) is 17.4 Å². The number of aldehydes is 1. The van der Waals surface area contributed by atoms with Crippen molar-refractivity contribution in [1.82, 2.24) is 0 Å². The van der Waals surface area contributed by atoms with Crippen molar-refractivity contribution in [3.8, 4) is 11.5 Å². The van der Waals surface area contributed by atoms with Crippen molar-refractivity contribution in [2.75, 3.05) is 0 Å². The first-order valence-electron chi connectivity index (χ1n) is 5.06. The van der Waals surface area contributed by atoms with E-state index in [2.05, 4.69) is 0 Å². The monoisotopic (exact) mass is 241 g/mol. The number of carbonyl (C=O) groups excluding carboxylic acids is 1. The summed E-state index contributed by atoms with van der Waals surface area (Å²) in [6.07, 6.45) is 0.152. The van der Waals surface area contributed by atoms with Gasteiger partial charge in [0.15, 0.2) is 12.0 Å². The SMILES string of the molecule is CC.Cc1c(C)c(O)c([N+](=O)[O-])c(C=O)c1O. The average Bonchev–Trinajstić information content (AvgIpc) is 2.32. The summed E-state index contributed by atoms with van der Waals surface area (Å²) in [5.74, 6) is -1.05. The maximum Gasteiger partial charge on any atom is 0.325 e. The van der Waals surface area contributed by atoms with Gasteiger partial charge < -0.3 is 10.2 Å². The van der Waals surface area contributed by atoms with Crippen LogP contribution in [0.15, 0.2) is 0 Å². The first kappa shape index (κ1) is 14.9. The van der Waals surface area contributed by atoms with E-state index in [9.17, 15) is 25.1 Å². The van der Waals surface area contributed by atoms with Crippen molar-refractivity contribution in [3.63, 3.8) is 0 Å². The Hall–Kier alpha value is -2.11. The molecule has 0 amide bonds. The number of hydrogen-bond acceptors (Lipinski definition) is 5. The van der Waals surface area contributed by atoms with E-state index in [1.807, 2.05) is 13.8 Å². The summed E-state index contributed by atoms with van der Waals surface area (Å²) >= 11 is 0. The molecule has 0 atom stereocenters. The molecule has 0 heterocycles. The predicted octanol–water partition coefficient (Wildman–Crippen LogP) is 2.46. The van der Waals surface area contributed by atoms with Gasteiger partial charge in [-0.2, -0.15) is 0 Å². The lowest BCUT2D eigenvalue weighted by molar-refractivity contribution is -0.386. The molecular formula is C11H15NO5. The maximum atomic E-state index is 10.6. The molecule has 0 aliphatic carbocycles. The van der Waals surface area contributed by atoms with Crippen molar-refractivity contribution in [1.29, 1.82) is 0 Å². The molecule has 1 aromatic rings. The summed E-state index contributed by atoms with van der Waals surface area (Å²) in [4.78, 5) is 20.3. The first-order chi connectivity index (χ1) is 7.91. The minimum absolute atomic E-state index is 0.152. The van der Waals surface area contributed by atoms with Gasteiger partial charge in [-0.3, -0.25) is 14.9 Å². The van der Waals surface area contributed by atoms with Gasteiger partial charge in [0.05, 0.1) is 4.92 Å². The van der Waals surface area contributed by atoms with Crippen LogP contribution in [0.4, 0.5) is 5.69 Å². The van der Waals surface area contributed by atoms with Crippen molar-refractivity contribution in [2.45, 2.75) is 27.7 Å². The Bertz CT molecular complexity index is 454. The van der Waals surface area contributed by atoms with Crippen LogP contribution in [-0.4, -0.2) is 21.4 Å². The summed E-state index contributed by atoms with van der Waals surface area (Å²) in [7, 11) is 0. The van der Waals surface area contributed by atoms with Crippen LogP contribution in [0.3, 0.4) is 0 Å². The second-order valence-electron chi connectivity index (χ2n) is 3.08. The van der Waals surface area contributed by atoms with Crippen LogP contribution in [0.25, 0.3) is 0 Å². The van der Waals surface area contributed by atoms with E-state index < -0.39 is 27.7 Å². The van der Waals surface area contributed by atoms with Crippen LogP contribution in [0.2, 0.25) is 0 Å². The fraction of sp³-hybridized carbons (Fsp3) is 0.364. The Morgan fingerprint density at radius 1 is 1.12 bits per heavy atom. The number of nitro benzene ring substituents is 1. The zero-order valence-electron chi connectivity index (χ0n) is 10.1. The van der Waals surface area contributed by atoms with Gasteiger partial charge in [-0.05, 0) is 19.4 Å². The number of nitro groups is 1. The highest BCUT2D eigenvalue weighted by Gasteiger charge is 2.27. The summed E-state index contributed by atoms with van der Waals surface area (Å²) in [6, 6.07) is 0. The van der Waals surface area contributed by atoms with Crippen LogP contribution in [0.5, 0.6) is 11.5 Å². The topological polar surface area (TPSA) is 101 Å². The summed E-state index contributed by atoms with van der Waals surface area (Å²) in [6.45, 7) is 6.88. The molecule has 1 rings (SSSR count). The molecule has 2 N–H and O–H groups in total. The number of hydrogen-bond donors (Lipinski definition) is 2. The van der Waals surface area contributed by atoms with Crippen molar-refractivity contribution >= 4 is 12.0 Å². The summed E-state index contributed by atoms with van der Waals surface area (Å²) < 4.78 is 0. The normalized spacial score (nSPS) is 9.18. The van der Waals surface area contributed by atoms with E-state index in [1.165, 1.54) is 13.8 Å². The molecule has 6 heteroatoms. The van der Waals surface area contributed by atoms with Gasteiger partial charge in [-0.25, -0.2) is 0 Å². The van der Waals surface area contributed by atoms with Gasteiger partial charge in [0.1, 0.15) is 11.3 Å². The van der Waals surface area contributed by atoms with Crippen LogP contribution in [0.1, 0.15) is 35.3 Å². The first-order valence-corrected chi connectivity index (χ1v) is 5.06. The van der Waals surface area contributed by atoms with Crippen LogP contribution < -0.4 is 0 Å². The Labute approximate surface area is 98.7 Å². The molecule has 0 aromatic heterocycles. The molecule has 0 fully saturated rings. The number of nitrogens with zero attached hydrogens (tertiary/aromatic N) is 1. The lowest BCUT2D eigenvalue weighted by atomic mass is 10.0. The average molecular weight is 241 g/mol. The molecule has 1 aromatic carbocycles. The molecule has 0 spiro atoms. The molecule has 0 aliphatic rings. The van der Waals surface area contributed by atoms with Crippen LogP contribution >= 0.6 is 0 Å². The highest BCUT2D eigenvalue weighted by atomic mass is 16.6. The molecule has 0 saturated carbocycles. The largest absolute Gasteiger partial charge is 0.507 e. The zero-order valence-corrected chi connectivity index (χ0v) is 10.1. The lowest BCUT2D eigenvalue weighted by Gasteiger charge is -2.08. The van der Waals surface area contributed by atoms with E-state index in [1.54, 1.807) is 0 Å². The Balaban J connectivity index is 0.00000121. The molecule has 0 bridgehead atoms. The van der Waals surface area contributed by atoms with E-state index in [0.717, 1.165) is 0 Å². The second-order valence-corrected chi connectivity index (χ2v) is 3.08. The third kappa shape index (κ3) is 2.52. The standard InChI is InChI=1S/C9H9NO5.C2H6/c1-4-5(2)9(13)7(10(14)15)6(3-11)8(4)12;1-2/h3,12-13H,1-2H3;1-2H3. The third-order valence-electron chi connectivity index (χ3n) is 2.31. The molecule has 0 radical (unpaired) electrons. The highest BCUT2D eigenvalue weighted by Crippen LogP contribution is 2.40. The predicted molar refractivity (Wildman–Crippen MR) is 62.6 cm³/mol. The Morgan fingerprint density at radius 3 is 1.88 bits per heavy atom. The van der Waals surface area contributed by atoms with Gasteiger partial charge in [0.2, 0.25) is 0 Å². The second kappa shape index (κ2) is 5.83. The van der Waals surface area contributed by atoms with Gasteiger partial charge >= 0.3 is 5.69 Å². The molecule has 17 heavy (non-hydrogen) atoms. The minimum Gasteiger partial charge on any atom is -0.507 e. The quantitative estimate of drug-likeness (QED) is 0.358. The molecule has 0 saturated heterocycles. The minimum atomic E-state index is -0.898. The lowest BCUT2D eigenvalue weighted by Crippen LogP contribution is -1.99. The molecule has 0 aliphatic heterocycles. The third-order valence-corrected chi connectivity index (χ3v) is 2.31. The van der Waals surface area contributed by atoms with Gasteiger partial charge in [0.25, 0.3) is 0 Å². The summed E-state index contributed by atoms with van der Waals surface area (Å²) in [5, 5.41) is 29.6. The number of aromatic hydroxyl groups is 2. The van der Waals surface area contributed by atoms with Gasteiger partial charge in [-0.15, -0.1) is 0 Å².